The van der Waals surface area contributed by atoms with E-state index in [1.807, 2.05) is 11.4 Å². The number of aromatic nitrogens is 3. The van der Waals surface area contributed by atoms with Crippen LogP contribution in [0, 0.1) is 0 Å². The Labute approximate surface area is 94.8 Å². The van der Waals surface area contributed by atoms with Gasteiger partial charge in [-0.15, -0.1) is 16.4 Å². The van der Waals surface area contributed by atoms with Crippen LogP contribution in [0.5, 0.6) is 0 Å². The number of aliphatic hydroxyl groups excluding tert-OH is 1. The van der Waals surface area contributed by atoms with Crippen LogP contribution in [-0.2, 0) is 6.54 Å². The van der Waals surface area contributed by atoms with Crippen LogP contribution >= 0.6 is 11.3 Å². The molecule has 0 fully saturated rings. The van der Waals surface area contributed by atoms with Gasteiger partial charge < -0.3 is 10.2 Å². The number of nitrogens with zero attached hydrogens (tertiary/aromatic N) is 3. The van der Waals surface area contributed by atoms with E-state index in [1.165, 1.54) is 16.0 Å². The first-order valence-electron chi connectivity index (χ1n) is 4.55. The van der Waals surface area contributed by atoms with Crippen LogP contribution in [0.15, 0.2) is 17.5 Å². The van der Waals surface area contributed by atoms with E-state index in [2.05, 4.69) is 10.3 Å². The second-order valence-corrected chi connectivity index (χ2v) is 3.96. The Hall–Kier alpha value is -1.73. The summed E-state index contributed by atoms with van der Waals surface area (Å²) in [6, 6.07) is 3.62. The number of thiophene rings is 1. The fraction of sp³-hybridized carbons (Fsp3) is 0.222. The van der Waals surface area contributed by atoms with Gasteiger partial charge in [-0.25, -0.2) is 9.48 Å². The number of hydrogen-bond donors (Lipinski definition) is 2. The van der Waals surface area contributed by atoms with Crippen molar-refractivity contribution in [3.8, 4) is 10.6 Å². The van der Waals surface area contributed by atoms with Gasteiger partial charge >= 0.3 is 5.97 Å². The van der Waals surface area contributed by atoms with Crippen LogP contribution in [0.2, 0.25) is 0 Å². The molecule has 0 aromatic carbocycles. The summed E-state index contributed by atoms with van der Waals surface area (Å²) in [7, 11) is 0. The SMILES string of the molecule is O=C(O)c1nnn(CCO)c1-c1cccs1. The van der Waals surface area contributed by atoms with E-state index in [0.717, 1.165) is 4.88 Å². The highest BCUT2D eigenvalue weighted by molar-refractivity contribution is 7.13. The summed E-state index contributed by atoms with van der Waals surface area (Å²) < 4.78 is 1.40. The minimum absolute atomic E-state index is 0.0871. The molecule has 84 valence electrons. The van der Waals surface area contributed by atoms with Crippen molar-refractivity contribution in [2.24, 2.45) is 0 Å². The molecular weight excluding hydrogens is 230 g/mol. The maximum Gasteiger partial charge on any atom is 0.358 e. The lowest BCUT2D eigenvalue weighted by molar-refractivity contribution is 0.0691. The number of aromatic carboxylic acids is 1. The molecule has 0 saturated heterocycles. The summed E-state index contributed by atoms with van der Waals surface area (Å²) in [6.07, 6.45) is 0. The van der Waals surface area contributed by atoms with Crippen molar-refractivity contribution in [1.29, 1.82) is 0 Å². The lowest BCUT2D eigenvalue weighted by Gasteiger charge is -2.02. The minimum Gasteiger partial charge on any atom is -0.476 e. The molecule has 2 aromatic heterocycles. The molecule has 0 spiro atoms. The second-order valence-electron chi connectivity index (χ2n) is 3.02. The normalized spacial score (nSPS) is 10.6. The fourth-order valence-corrected chi connectivity index (χ4v) is 2.14. The Bertz CT molecular complexity index is 492. The van der Waals surface area contributed by atoms with Crippen molar-refractivity contribution in [3.63, 3.8) is 0 Å². The third-order valence-electron chi connectivity index (χ3n) is 2.00. The van der Waals surface area contributed by atoms with Crippen LogP contribution in [0.4, 0.5) is 0 Å². The molecule has 0 aliphatic rings. The van der Waals surface area contributed by atoms with Gasteiger partial charge in [-0.3, -0.25) is 0 Å². The fourth-order valence-electron chi connectivity index (χ4n) is 1.37. The lowest BCUT2D eigenvalue weighted by Crippen LogP contribution is -2.06. The first kappa shape index (κ1) is 10.8. The van der Waals surface area contributed by atoms with Crippen molar-refractivity contribution in [2.75, 3.05) is 6.61 Å². The topological polar surface area (TPSA) is 88.2 Å². The Morgan fingerprint density at radius 3 is 2.94 bits per heavy atom. The van der Waals surface area contributed by atoms with E-state index in [1.54, 1.807) is 6.07 Å². The molecule has 0 atom stereocenters. The number of carboxylic acids is 1. The largest absolute Gasteiger partial charge is 0.476 e. The molecule has 16 heavy (non-hydrogen) atoms. The van der Waals surface area contributed by atoms with Crippen LogP contribution in [-0.4, -0.2) is 37.8 Å². The molecule has 0 unspecified atom stereocenters. The number of aliphatic hydroxyl groups is 1. The van der Waals surface area contributed by atoms with Gasteiger partial charge in [0.15, 0.2) is 5.69 Å². The Morgan fingerprint density at radius 1 is 1.56 bits per heavy atom. The van der Waals surface area contributed by atoms with Crippen LogP contribution in [0.1, 0.15) is 10.5 Å². The molecular formula is C9H9N3O3S. The van der Waals surface area contributed by atoms with Gasteiger partial charge in [-0.05, 0) is 11.4 Å². The Kier molecular flexibility index (Phi) is 2.97. The van der Waals surface area contributed by atoms with E-state index in [0.29, 0.717) is 5.69 Å². The number of carboxylic acid groups (broad SMARTS) is 1. The van der Waals surface area contributed by atoms with Gasteiger partial charge in [0.05, 0.1) is 18.0 Å². The zero-order valence-electron chi connectivity index (χ0n) is 8.20. The number of rotatable bonds is 4. The third-order valence-corrected chi connectivity index (χ3v) is 2.88. The monoisotopic (exact) mass is 239 g/mol. The van der Waals surface area contributed by atoms with Crippen molar-refractivity contribution < 1.29 is 15.0 Å². The molecule has 0 aliphatic carbocycles. The van der Waals surface area contributed by atoms with E-state index in [9.17, 15) is 4.79 Å². The van der Waals surface area contributed by atoms with Crippen molar-refractivity contribution >= 4 is 17.3 Å². The van der Waals surface area contributed by atoms with Crippen molar-refractivity contribution in [1.82, 2.24) is 15.0 Å². The molecule has 0 radical (unpaired) electrons. The van der Waals surface area contributed by atoms with E-state index in [-0.39, 0.29) is 18.8 Å². The standard InChI is InChI=1S/C9H9N3O3S/c13-4-3-12-8(6-2-1-5-16-6)7(9(14)15)10-11-12/h1-2,5,13H,3-4H2,(H,14,15). The summed E-state index contributed by atoms with van der Waals surface area (Å²) in [5.41, 5.74) is 0.354. The first-order valence-corrected chi connectivity index (χ1v) is 5.43. The Morgan fingerprint density at radius 2 is 2.38 bits per heavy atom. The highest BCUT2D eigenvalue weighted by Gasteiger charge is 2.20. The molecule has 2 aromatic rings. The molecule has 2 heterocycles. The van der Waals surface area contributed by atoms with Gasteiger partial charge in [0, 0.05) is 0 Å². The molecule has 2 rings (SSSR count). The molecule has 6 nitrogen and oxygen atoms in total. The van der Waals surface area contributed by atoms with Gasteiger partial charge in [-0.1, -0.05) is 11.3 Å². The van der Waals surface area contributed by atoms with Gasteiger partial charge in [-0.2, -0.15) is 0 Å². The van der Waals surface area contributed by atoms with Crippen LogP contribution in [0.3, 0.4) is 0 Å². The summed E-state index contributed by atoms with van der Waals surface area (Å²) in [5.74, 6) is -1.12. The average molecular weight is 239 g/mol. The predicted octanol–water partition coefficient (Wildman–Crippen LogP) is 0.697. The average Bonchev–Trinajstić information content (AvgIpc) is 2.84. The van der Waals surface area contributed by atoms with E-state index < -0.39 is 5.97 Å². The summed E-state index contributed by atoms with van der Waals surface area (Å²) in [4.78, 5) is 11.7. The second kappa shape index (κ2) is 4.42. The third kappa shape index (κ3) is 1.82. The predicted molar refractivity (Wildman–Crippen MR) is 57.4 cm³/mol. The zero-order chi connectivity index (χ0) is 11.5. The van der Waals surface area contributed by atoms with Crippen LogP contribution in [0.25, 0.3) is 10.6 Å². The van der Waals surface area contributed by atoms with Crippen molar-refractivity contribution in [2.45, 2.75) is 6.54 Å². The van der Waals surface area contributed by atoms with E-state index >= 15 is 0 Å². The van der Waals surface area contributed by atoms with Crippen molar-refractivity contribution in [3.05, 3.63) is 23.2 Å². The highest BCUT2D eigenvalue weighted by atomic mass is 32.1. The summed E-state index contributed by atoms with van der Waals surface area (Å²) in [5, 5.41) is 27.0. The molecule has 0 aliphatic heterocycles. The maximum atomic E-state index is 11.0. The Balaban J connectivity index is 2.54. The van der Waals surface area contributed by atoms with Gasteiger partial charge in [0.1, 0.15) is 5.69 Å². The highest BCUT2D eigenvalue weighted by Crippen LogP contribution is 2.26. The molecule has 0 bridgehead atoms. The number of hydrogen-bond acceptors (Lipinski definition) is 5. The molecule has 0 amide bonds. The zero-order valence-corrected chi connectivity index (χ0v) is 9.02. The number of carbonyl (C=O) groups is 1. The first-order chi connectivity index (χ1) is 7.74. The minimum atomic E-state index is -1.12. The molecule has 2 N–H and O–H groups in total. The van der Waals surface area contributed by atoms with Crippen LogP contribution < -0.4 is 0 Å². The lowest BCUT2D eigenvalue weighted by atomic mass is 10.2. The van der Waals surface area contributed by atoms with Gasteiger partial charge in [0.25, 0.3) is 0 Å². The summed E-state index contributed by atoms with van der Waals surface area (Å²) >= 11 is 1.41. The van der Waals surface area contributed by atoms with E-state index in [4.69, 9.17) is 10.2 Å². The maximum absolute atomic E-state index is 11.0. The molecule has 7 heteroatoms. The molecule has 0 saturated carbocycles. The quantitative estimate of drug-likeness (QED) is 0.819. The summed E-state index contributed by atoms with van der Waals surface area (Å²) in [6.45, 7) is 0.119. The van der Waals surface area contributed by atoms with Gasteiger partial charge in [0.2, 0.25) is 0 Å². The smallest absolute Gasteiger partial charge is 0.358 e.